The van der Waals surface area contributed by atoms with Crippen LogP contribution in [0, 0.1) is 5.92 Å². The van der Waals surface area contributed by atoms with Gasteiger partial charge in [0.25, 0.3) is 0 Å². The van der Waals surface area contributed by atoms with E-state index in [0.29, 0.717) is 6.04 Å². The first-order valence-electron chi connectivity index (χ1n) is 8.28. The van der Waals surface area contributed by atoms with Gasteiger partial charge in [0.05, 0.1) is 0 Å². The molecule has 1 aromatic carbocycles. The molecular formula is C18H28BrN. The first-order valence-corrected chi connectivity index (χ1v) is 9.07. The molecule has 1 aromatic rings. The minimum Gasteiger partial charge on any atom is -0.313 e. The van der Waals surface area contributed by atoms with Gasteiger partial charge >= 0.3 is 0 Å². The van der Waals surface area contributed by atoms with Crippen LogP contribution < -0.4 is 5.32 Å². The lowest BCUT2D eigenvalue weighted by molar-refractivity contribution is 0.317. The molecule has 1 unspecified atom stereocenters. The van der Waals surface area contributed by atoms with Crippen molar-refractivity contribution in [3.8, 4) is 0 Å². The fraction of sp³-hybridized carbons (Fsp3) is 0.667. The number of halogens is 1. The van der Waals surface area contributed by atoms with Crippen LogP contribution >= 0.6 is 15.9 Å². The van der Waals surface area contributed by atoms with Crippen LogP contribution in [0.3, 0.4) is 0 Å². The lowest BCUT2D eigenvalue weighted by Gasteiger charge is -2.28. The van der Waals surface area contributed by atoms with Crippen molar-refractivity contribution < 1.29 is 0 Å². The predicted molar refractivity (Wildman–Crippen MR) is 91.1 cm³/mol. The van der Waals surface area contributed by atoms with Crippen molar-refractivity contribution in [3.63, 3.8) is 0 Å². The maximum atomic E-state index is 3.82. The van der Waals surface area contributed by atoms with Crippen LogP contribution in [0.5, 0.6) is 0 Å². The first-order chi connectivity index (χ1) is 9.81. The third-order valence-electron chi connectivity index (χ3n) is 4.52. The molecule has 1 N–H and O–H groups in total. The van der Waals surface area contributed by atoms with Gasteiger partial charge in [-0.2, -0.15) is 0 Å². The van der Waals surface area contributed by atoms with Crippen LogP contribution in [0.4, 0.5) is 0 Å². The van der Waals surface area contributed by atoms with E-state index < -0.39 is 0 Å². The Bertz CT molecular complexity index is 383. The van der Waals surface area contributed by atoms with E-state index in [1.165, 1.54) is 55.0 Å². The number of rotatable bonds is 6. The van der Waals surface area contributed by atoms with Crippen LogP contribution in [0.15, 0.2) is 28.7 Å². The highest BCUT2D eigenvalue weighted by Gasteiger charge is 2.22. The molecule has 20 heavy (non-hydrogen) atoms. The van der Waals surface area contributed by atoms with E-state index >= 15 is 0 Å². The summed E-state index contributed by atoms with van der Waals surface area (Å²) in [6, 6.07) is 9.34. The van der Waals surface area contributed by atoms with E-state index in [-0.39, 0.29) is 0 Å². The first kappa shape index (κ1) is 16.0. The molecule has 2 rings (SSSR count). The lowest BCUT2D eigenvalue weighted by Crippen LogP contribution is -2.38. The molecule has 2 heteroatoms. The molecule has 0 radical (unpaired) electrons. The number of hydrogen-bond donors (Lipinski definition) is 1. The molecule has 1 atom stereocenters. The third-order valence-corrected chi connectivity index (χ3v) is 5.30. The summed E-state index contributed by atoms with van der Waals surface area (Å²) in [6.45, 7) is 3.40. The molecule has 112 valence electrons. The van der Waals surface area contributed by atoms with E-state index in [4.69, 9.17) is 0 Å². The van der Waals surface area contributed by atoms with Crippen molar-refractivity contribution >= 4 is 15.9 Å². The molecule has 1 saturated carbocycles. The highest BCUT2D eigenvalue weighted by Crippen LogP contribution is 2.28. The van der Waals surface area contributed by atoms with Crippen molar-refractivity contribution in [1.29, 1.82) is 0 Å². The number of nitrogens with one attached hydrogen (secondary N) is 1. The third kappa shape index (κ3) is 4.89. The van der Waals surface area contributed by atoms with Crippen molar-refractivity contribution in [1.82, 2.24) is 5.32 Å². The number of benzene rings is 1. The Labute approximate surface area is 132 Å². The Kier molecular flexibility index (Phi) is 7.09. The molecule has 0 amide bonds. The van der Waals surface area contributed by atoms with Gasteiger partial charge in [0.1, 0.15) is 0 Å². The molecule has 0 heterocycles. The smallest absolute Gasteiger partial charge is 0.0207 e. The van der Waals surface area contributed by atoms with Gasteiger partial charge in [-0.3, -0.25) is 0 Å². The molecule has 1 aliphatic carbocycles. The Morgan fingerprint density at radius 2 is 1.85 bits per heavy atom. The van der Waals surface area contributed by atoms with Gasteiger partial charge in [-0.1, -0.05) is 66.7 Å². The minimum absolute atomic E-state index is 0.645. The monoisotopic (exact) mass is 337 g/mol. The van der Waals surface area contributed by atoms with Gasteiger partial charge in [0.15, 0.2) is 0 Å². The van der Waals surface area contributed by atoms with E-state index in [1.807, 2.05) is 0 Å². The maximum absolute atomic E-state index is 3.82. The van der Waals surface area contributed by atoms with Crippen LogP contribution in [-0.4, -0.2) is 12.6 Å². The number of hydrogen-bond acceptors (Lipinski definition) is 1. The van der Waals surface area contributed by atoms with E-state index in [1.54, 1.807) is 0 Å². The summed E-state index contributed by atoms with van der Waals surface area (Å²) in [5.41, 5.74) is 1.45. The zero-order chi connectivity index (χ0) is 14.2. The van der Waals surface area contributed by atoms with Crippen LogP contribution in [0.25, 0.3) is 0 Å². The SMILES string of the molecule is CCCNC(Cc1ccccc1Br)C1CCCCCC1. The summed E-state index contributed by atoms with van der Waals surface area (Å²) in [4.78, 5) is 0. The topological polar surface area (TPSA) is 12.0 Å². The quantitative estimate of drug-likeness (QED) is 0.691. The van der Waals surface area contributed by atoms with Gasteiger partial charge in [0, 0.05) is 10.5 Å². The van der Waals surface area contributed by atoms with E-state index in [2.05, 4.69) is 52.4 Å². The van der Waals surface area contributed by atoms with E-state index in [0.717, 1.165) is 18.9 Å². The van der Waals surface area contributed by atoms with Crippen LogP contribution in [-0.2, 0) is 6.42 Å². The van der Waals surface area contributed by atoms with Crippen molar-refractivity contribution in [3.05, 3.63) is 34.3 Å². The summed E-state index contributed by atoms with van der Waals surface area (Å²) < 4.78 is 1.26. The van der Waals surface area contributed by atoms with Crippen LogP contribution in [0.1, 0.15) is 57.4 Å². The normalized spacial score (nSPS) is 18.7. The molecule has 0 aliphatic heterocycles. The van der Waals surface area contributed by atoms with Gasteiger partial charge in [-0.05, 0) is 49.8 Å². The zero-order valence-electron chi connectivity index (χ0n) is 12.7. The largest absolute Gasteiger partial charge is 0.313 e. The molecule has 0 spiro atoms. The average molecular weight is 338 g/mol. The molecular weight excluding hydrogens is 310 g/mol. The lowest BCUT2D eigenvalue weighted by atomic mass is 9.87. The summed E-state index contributed by atoms with van der Waals surface area (Å²) in [6.07, 6.45) is 10.9. The summed E-state index contributed by atoms with van der Waals surface area (Å²) in [7, 11) is 0. The molecule has 0 aromatic heterocycles. The average Bonchev–Trinajstić information content (AvgIpc) is 2.74. The highest BCUT2D eigenvalue weighted by molar-refractivity contribution is 9.10. The Morgan fingerprint density at radius 3 is 2.50 bits per heavy atom. The molecule has 1 fully saturated rings. The Hall–Kier alpha value is -0.340. The van der Waals surface area contributed by atoms with E-state index in [9.17, 15) is 0 Å². The second kappa shape index (κ2) is 8.84. The van der Waals surface area contributed by atoms with Gasteiger partial charge in [0.2, 0.25) is 0 Å². The van der Waals surface area contributed by atoms with Gasteiger partial charge < -0.3 is 5.32 Å². The Balaban J connectivity index is 2.04. The second-order valence-corrected chi connectivity index (χ2v) is 6.96. The van der Waals surface area contributed by atoms with Crippen molar-refractivity contribution in [2.24, 2.45) is 5.92 Å². The summed E-state index contributed by atoms with van der Waals surface area (Å²) in [5.74, 6) is 0.858. The second-order valence-electron chi connectivity index (χ2n) is 6.11. The standard InChI is InChI=1S/C18H28BrN/c1-2-13-20-18(15-9-5-3-4-6-10-15)14-16-11-7-8-12-17(16)19/h7-8,11-12,15,18,20H,2-6,9-10,13-14H2,1H3. The van der Waals surface area contributed by atoms with Gasteiger partial charge in [-0.15, -0.1) is 0 Å². The minimum atomic E-state index is 0.645. The molecule has 0 bridgehead atoms. The predicted octanol–water partition coefficient (Wildman–Crippen LogP) is 5.33. The summed E-state index contributed by atoms with van der Waals surface area (Å²) >= 11 is 3.70. The fourth-order valence-electron chi connectivity index (χ4n) is 3.35. The van der Waals surface area contributed by atoms with Crippen LogP contribution in [0.2, 0.25) is 0 Å². The zero-order valence-corrected chi connectivity index (χ0v) is 14.3. The maximum Gasteiger partial charge on any atom is 0.0207 e. The van der Waals surface area contributed by atoms with Crippen molar-refractivity contribution in [2.75, 3.05) is 6.54 Å². The fourth-order valence-corrected chi connectivity index (χ4v) is 3.80. The summed E-state index contributed by atoms with van der Waals surface area (Å²) in [5, 5.41) is 3.82. The molecule has 0 saturated heterocycles. The van der Waals surface area contributed by atoms with Crippen molar-refractivity contribution in [2.45, 2.75) is 64.3 Å². The Morgan fingerprint density at radius 1 is 1.15 bits per heavy atom. The molecule has 1 aliphatic rings. The molecule has 1 nitrogen and oxygen atoms in total. The van der Waals surface area contributed by atoms with Gasteiger partial charge in [-0.25, -0.2) is 0 Å². The highest BCUT2D eigenvalue weighted by atomic mass is 79.9.